The summed E-state index contributed by atoms with van der Waals surface area (Å²) in [6.45, 7) is 4.93. The van der Waals surface area contributed by atoms with E-state index in [1.807, 2.05) is 79.2 Å². The smallest absolute Gasteiger partial charge is 0.240 e. The number of carbonyl (C=O) groups is 2. The van der Waals surface area contributed by atoms with Crippen molar-refractivity contribution >= 4 is 29.4 Å². The highest BCUT2D eigenvalue weighted by molar-refractivity contribution is 8.00. The van der Waals surface area contributed by atoms with Crippen molar-refractivity contribution in [1.29, 1.82) is 0 Å². The van der Waals surface area contributed by atoms with Gasteiger partial charge in [-0.3, -0.25) is 14.5 Å². The molecule has 0 spiro atoms. The molecule has 3 aromatic carbocycles. The molecular weight excluding hydrogens is 576 g/mol. The highest BCUT2D eigenvalue weighted by Crippen LogP contribution is 2.49. The van der Waals surface area contributed by atoms with Crippen LogP contribution < -0.4 is 19.7 Å². The van der Waals surface area contributed by atoms with E-state index in [0.717, 1.165) is 39.2 Å². The first kappa shape index (κ1) is 31.2. The van der Waals surface area contributed by atoms with Gasteiger partial charge in [-0.1, -0.05) is 54.1 Å². The minimum atomic E-state index is -0.293. The normalized spacial score (nSPS) is 14.6. The Morgan fingerprint density at radius 1 is 1.00 bits per heavy atom. The Hall–Kier alpha value is -4.28. The summed E-state index contributed by atoms with van der Waals surface area (Å²) >= 11 is 1.51. The first-order valence-electron chi connectivity index (χ1n) is 14.5. The SMILES string of the molecule is COCCCNC(=O)CN1C(=O)CS[C@H](c2ccc(OC)c(OC)c2)c2c(-c3ccccc3)nn(-c3ccc(C)cc3C)c21. The molecule has 44 heavy (non-hydrogen) atoms. The van der Waals surface area contributed by atoms with Gasteiger partial charge in [0.05, 0.1) is 36.6 Å². The number of anilines is 1. The van der Waals surface area contributed by atoms with Crippen molar-refractivity contribution in [2.24, 2.45) is 0 Å². The number of thioether (sulfide) groups is 1. The van der Waals surface area contributed by atoms with Crippen LogP contribution in [0.2, 0.25) is 0 Å². The van der Waals surface area contributed by atoms with Gasteiger partial charge in [-0.05, 0) is 49.6 Å². The fraction of sp³-hybridized carbons (Fsp3) is 0.324. The van der Waals surface area contributed by atoms with E-state index in [1.165, 1.54) is 11.8 Å². The Bertz CT molecular complexity index is 1640. The third-order valence-electron chi connectivity index (χ3n) is 7.58. The number of aryl methyl sites for hydroxylation is 2. The van der Waals surface area contributed by atoms with Crippen LogP contribution in [0.4, 0.5) is 5.82 Å². The molecule has 0 bridgehead atoms. The van der Waals surface area contributed by atoms with E-state index in [-0.39, 0.29) is 29.4 Å². The van der Waals surface area contributed by atoms with Crippen molar-refractivity contribution in [3.05, 3.63) is 89.0 Å². The molecule has 1 aromatic heterocycles. The molecule has 1 atom stereocenters. The maximum atomic E-state index is 14.0. The Morgan fingerprint density at radius 3 is 2.48 bits per heavy atom. The average Bonchev–Trinajstić information content (AvgIpc) is 3.35. The van der Waals surface area contributed by atoms with Gasteiger partial charge in [0, 0.05) is 31.4 Å². The molecule has 1 N–H and O–H groups in total. The maximum absolute atomic E-state index is 14.0. The number of hydrogen-bond acceptors (Lipinski definition) is 7. The predicted molar refractivity (Wildman–Crippen MR) is 174 cm³/mol. The number of methoxy groups -OCH3 is 3. The monoisotopic (exact) mass is 614 g/mol. The Balaban J connectivity index is 1.75. The molecule has 0 unspecified atom stereocenters. The van der Waals surface area contributed by atoms with Gasteiger partial charge >= 0.3 is 0 Å². The molecule has 1 aliphatic heterocycles. The summed E-state index contributed by atoms with van der Waals surface area (Å²) in [4.78, 5) is 28.8. The maximum Gasteiger partial charge on any atom is 0.240 e. The number of rotatable bonds is 11. The molecule has 2 heterocycles. The molecule has 10 heteroatoms. The van der Waals surface area contributed by atoms with Crippen LogP contribution in [0.5, 0.6) is 11.5 Å². The van der Waals surface area contributed by atoms with Gasteiger partial charge < -0.3 is 19.5 Å². The third-order valence-corrected chi connectivity index (χ3v) is 8.83. The van der Waals surface area contributed by atoms with Crippen LogP contribution in [0.25, 0.3) is 16.9 Å². The van der Waals surface area contributed by atoms with Gasteiger partial charge in [-0.2, -0.15) is 5.10 Å². The lowest BCUT2D eigenvalue weighted by Crippen LogP contribution is -2.42. The van der Waals surface area contributed by atoms with Gasteiger partial charge in [-0.15, -0.1) is 11.8 Å². The topological polar surface area (TPSA) is 94.9 Å². The van der Waals surface area contributed by atoms with Crippen molar-refractivity contribution < 1.29 is 23.8 Å². The number of fused-ring (bicyclic) bond motifs is 1. The van der Waals surface area contributed by atoms with E-state index in [0.29, 0.717) is 36.9 Å². The van der Waals surface area contributed by atoms with Crippen molar-refractivity contribution in [1.82, 2.24) is 15.1 Å². The highest BCUT2D eigenvalue weighted by Gasteiger charge is 2.38. The molecular formula is C34H38N4O5S. The summed E-state index contributed by atoms with van der Waals surface area (Å²) in [5.74, 6) is 1.55. The molecule has 0 fully saturated rings. The fourth-order valence-corrected chi connectivity index (χ4v) is 6.65. The second-order valence-electron chi connectivity index (χ2n) is 10.6. The minimum Gasteiger partial charge on any atom is -0.493 e. The molecule has 2 amide bonds. The van der Waals surface area contributed by atoms with E-state index in [9.17, 15) is 9.59 Å². The van der Waals surface area contributed by atoms with E-state index >= 15 is 0 Å². The number of amides is 2. The van der Waals surface area contributed by atoms with E-state index in [2.05, 4.69) is 11.4 Å². The van der Waals surface area contributed by atoms with Crippen LogP contribution in [0.1, 0.15) is 33.9 Å². The molecule has 0 saturated heterocycles. The van der Waals surface area contributed by atoms with Crippen molar-refractivity contribution in [2.45, 2.75) is 25.5 Å². The minimum absolute atomic E-state index is 0.136. The number of hydrogen-bond donors (Lipinski definition) is 1. The van der Waals surface area contributed by atoms with Crippen LogP contribution >= 0.6 is 11.8 Å². The summed E-state index contributed by atoms with van der Waals surface area (Å²) < 4.78 is 18.1. The van der Waals surface area contributed by atoms with Gasteiger partial charge in [0.1, 0.15) is 12.4 Å². The number of nitrogens with one attached hydrogen (secondary N) is 1. The molecule has 1 aliphatic rings. The Morgan fingerprint density at radius 2 is 1.77 bits per heavy atom. The van der Waals surface area contributed by atoms with Crippen molar-refractivity contribution in [2.75, 3.05) is 51.7 Å². The predicted octanol–water partition coefficient (Wildman–Crippen LogP) is 5.50. The molecule has 5 rings (SSSR count). The van der Waals surface area contributed by atoms with Gasteiger partial charge in [0.15, 0.2) is 11.5 Å². The summed E-state index contributed by atoms with van der Waals surface area (Å²) in [7, 11) is 4.84. The third kappa shape index (κ3) is 6.46. The molecule has 0 radical (unpaired) electrons. The summed E-state index contributed by atoms with van der Waals surface area (Å²) in [6.07, 6.45) is 0.678. The van der Waals surface area contributed by atoms with Crippen LogP contribution in [0.15, 0.2) is 66.7 Å². The Labute approximate surface area is 262 Å². The zero-order valence-electron chi connectivity index (χ0n) is 25.8. The number of benzene rings is 3. The Kier molecular flexibility index (Phi) is 9.92. The molecule has 0 saturated carbocycles. The summed E-state index contributed by atoms with van der Waals surface area (Å²) in [5, 5.41) is 7.85. The number of aromatic nitrogens is 2. The summed E-state index contributed by atoms with van der Waals surface area (Å²) in [6, 6.07) is 21.9. The lowest BCUT2D eigenvalue weighted by atomic mass is 9.99. The average molecular weight is 615 g/mol. The van der Waals surface area contributed by atoms with E-state index in [1.54, 1.807) is 26.2 Å². The van der Waals surface area contributed by atoms with Crippen LogP contribution in [-0.2, 0) is 14.3 Å². The zero-order valence-corrected chi connectivity index (χ0v) is 26.6. The van der Waals surface area contributed by atoms with E-state index < -0.39 is 0 Å². The molecule has 0 aliphatic carbocycles. The summed E-state index contributed by atoms with van der Waals surface area (Å²) in [5.41, 5.74) is 6.41. The van der Waals surface area contributed by atoms with Gasteiger partial charge in [-0.25, -0.2) is 4.68 Å². The van der Waals surface area contributed by atoms with Crippen molar-refractivity contribution in [3.8, 4) is 28.4 Å². The highest BCUT2D eigenvalue weighted by atomic mass is 32.2. The second-order valence-corrected chi connectivity index (χ2v) is 11.7. The first-order chi connectivity index (χ1) is 21.4. The van der Waals surface area contributed by atoms with Crippen LogP contribution in [0, 0.1) is 13.8 Å². The van der Waals surface area contributed by atoms with Gasteiger partial charge in [0.2, 0.25) is 11.8 Å². The molecule has 230 valence electrons. The standard InChI is InChI=1S/C34H38N4O5S/c1-22-12-14-26(23(2)18-22)38-34-31(32(36-38)24-10-7-6-8-11-24)33(25-13-15-27(42-4)28(19-25)43-5)44-21-30(40)37(34)20-29(39)35-16-9-17-41-3/h6-8,10-15,18-19,33H,9,16-17,20-21H2,1-5H3,(H,35,39)/t33-/m1/s1. The van der Waals surface area contributed by atoms with E-state index in [4.69, 9.17) is 19.3 Å². The zero-order chi connectivity index (χ0) is 31.2. The number of ether oxygens (including phenoxy) is 3. The lowest BCUT2D eigenvalue weighted by molar-refractivity contribution is -0.122. The van der Waals surface area contributed by atoms with Crippen molar-refractivity contribution in [3.63, 3.8) is 0 Å². The number of nitrogens with zero attached hydrogens (tertiary/aromatic N) is 3. The van der Waals surface area contributed by atoms with Crippen LogP contribution in [0.3, 0.4) is 0 Å². The largest absolute Gasteiger partial charge is 0.493 e. The second kappa shape index (κ2) is 14.0. The number of carbonyl (C=O) groups excluding carboxylic acids is 2. The molecule has 9 nitrogen and oxygen atoms in total. The van der Waals surface area contributed by atoms with Crippen LogP contribution in [-0.4, -0.2) is 68.4 Å². The molecule has 4 aromatic rings. The van der Waals surface area contributed by atoms with Gasteiger partial charge in [0.25, 0.3) is 0 Å². The lowest BCUT2D eigenvalue weighted by Gasteiger charge is -2.24. The first-order valence-corrected chi connectivity index (χ1v) is 15.6. The fourth-order valence-electron chi connectivity index (χ4n) is 5.46. The quantitative estimate of drug-likeness (QED) is 0.223.